The summed E-state index contributed by atoms with van der Waals surface area (Å²) in [6.45, 7) is 4.52. The molecule has 0 amide bonds. The van der Waals surface area contributed by atoms with Gasteiger partial charge in [-0.1, -0.05) is 22.9 Å². The lowest BCUT2D eigenvalue weighted by molar-refractivity contribution is 0.302. The SMILES string of the molecule is CCCNCc1cc(Br)ccc1OCc1cnn(C)c1. The molecule has 2 aromatic rings. The Bertz CT molecular complexity index is 554. The fraction of sp³-hybridized carbons (Fsp3) is 0.400. The number of aromatic nitrogens is 2. The third-order valence-electron chi connectivity index (χ3n) is 2.92. The first-order chi connectivity index (χ1) is 9.69. The lowest BCUT2D eigenvalue weighted by Crippen LogP contribution is -2.14. The van der Waals surface area contributed by atoms with Gasteiger partial charge >= 0.3 is 0 Å². The second kappa shape index (κ2) is 7.45. The van der Waals surface area contributed by atoms with Crippen LogP contribution in [0.5, 0.6) is 5.75 Å². The summed E-state index contributed by atoms with van der Waals surface area (Å²) in [5.74, 6) is 0.917. The summed E-state index contributed by atoms with van der Waals surface area (Å²) in [4.78, 5) is 0. The molecule has 0 radical (unpaired) electrons. The van der Waals surface area contributed by atoms with E-state index in [-0.39, 0.29) is 0 Å². The Balaban J connectivity index is 2.01. The Morgan fingerprint density at radius 3 is 2.95 bits per heavy atom. The molecule has 0 aliphatic carbocycles. The molecular weight excluding hydrogens is 318 g/mol. The average molecular weight is 338 g/mol. The molecule has 0 atom stereocenters. The Labute approximate surface area is 128 Å². The van der Waals surface area contributed by atoms with Crippen LogP contribution in [0.15, 0.2) is 35.1 Å². The van der Waals surface area contributed by atoms with Gasteiger partial charge in [-0.05, 0) is 31.2 Å². The van der Waals surface area contributed by atoms with Crippen molar-refractivity contribution in [3.63, 3.8) is 0 Å². The third kappa shape index (κ3) is 4.35. The van der Waals surface area contributed by atoms with Crippen LogP contribution < -0.4 is 10.1 Å². The summed E-state index contributed by atoms with van der Waals surface area (Å²) in [7, 11) is 1.91. The number of ether oxygens (including phenoxy) is 1. The van der Waals surface area contributed by atoms with Crippen LogP contribution in [0.1, 0.15) is 24.5 Å². The topological polar surface area (TPSA) is 39.1 Å². The van der Waals surface area contributed by atoms with Crippen LogP contribution in [0, 0.1) is 0 Å². The minimum atomic E-state index is 0.538. The fourth-order valence-electron chi connectivity index (χ4n) is 1.93. The van der Waals surface area contributed by atoms with Gasteiger partial charge in [0.05, 0.1) is 6.20 Å². The molecule has 0 aliphatic rings. The number of aryl methyl sites for hydroxylation is 1. The second-order valence-corrected chi connectivity index (χ2v) is 5.66. The van der Waals surface area contributed by atoms with Gasteiger partial charge in [-0.3, -0.25) is 4.68 Å². The van der Waals surface area contributed by atoms with Gasteiger partial charge in [0.2, 0.25) is 0 Å². The highest BCUT2D eigenvalue weighted by Gasteiger charge is 2.05. The smallest absolute Gasteiger partial charge is 0.124 e. The molecule has 1 heterocycles. The molecular formula is C15H20BrN3O. The molecule has 1 N–H and O–H groups in total. The summed E-state index contributed by atoms with van der Waals surface area (Å²) >= 11 is 3.51. The zero-order chi connectivity index (χ0) is 14.4. The van der Waals surface area contributed by atoms with Crippen molar-refractivity contribution < 1.29 is 4.74 Å². The van der Waals surface area contributed by atoms with Crippen molar-refractivity contribution in [1.29, 1.82) is 0 Å². The number of hydrogen-bond acceptors (Lipinski definition) is 3. The summed E-state index contributed by atoms with van der Waals surface area (Å²) < 4.78 is 8.76. The molecule has 0 saturated carbocycles. The standard InChI is InChI=1S/C15H20BrN3O/c1-3-6-17-9-13-7-14(16)4-5-15(13)20-11-12-8-18-19(2)10-12/h4-5,7-8,10,17H,3,6,9,11H2,1-2H3. The minimum absolute atomic E-state index is 0.538. The van der Waals surface area contributed by atoms with Crippen molar-refractivity contribution in [2.75, 3.05) is 6.54 Å². The van der Waals surface area contributed by atoms with Crippen LogP contribution in [0.3, 0.4) is 0 Å². The lowest BCUT2D eigenvalue weighted by atomic mass is 10.2. The van der Waals surface area contributed by atoms with Crippen molar-refractivity contribution in [3.05, 3.63) is 46.2 Å². The minimum Gasteiger partial charge on any atom is -0.488 e. The molecule has 5 heteroatoms. The van der Waals surface area contributed by atoms with Crippen LogP contribution in [0.2, 0.25) is 0 Å². The Morgan fingerprint density at radius 2 is 2.25 bits per heavy atom. The van der Waals surface area contributed by atoms with Crippen molar-refractivity contribution in [2.24, 2.45) is 7.05 Å². The quantitative estimate of drug-likeness (QED) is 0.788. The molecule has 0 bridgehead atoms. The maximum Gasteiger partial charge on any atom is 0.124 e. The largest absolute Gasteiger partial charge is 0.488 e. The predicted octanol–water partition coefficient (Wildman–Crippen LogP) is 3.26. The van der Waals surface area contributed by atoms with E-state index in [2.05, 4.69) is 39.3 Å². The molecule has 0 saturated heterocycles. The summed E-state index contributed by atoms with van der Waals surface area (Å²) in [6, 6.07) is 6.10. The first kappa shape index (κ1) is 15.1. The summed E-state index contributed by atoms with van der Waals surface area (Å²) in [5, 5.41) is 7.55. The first-order valence-electron chi connectivity index (χ1n) is 6.78. The summed E-state index contributed by atoms with van der Waals surface area (Å²) in [6.07, 6.45) is 4.92. The molecule has 108 valence electrons. The van der Waals surface area contributed by atoms with Crippen LogP contribution in [0.4, 0.5) is 0 Å². The highest BCUT2D eigenvalue weighted by atomic mass is 79.9. The Hall–Kier alpha value is -1.33. The zero-order valence-corrected chi connectivity index (χ0v) is 13.5. The van der Waals surface area contributed by atoms with Crippen LogP contribution >= 0.6 is 15.9 Å². The molecule has 0 unspecified atom stereocenters. The van der Waals surface area contributed by atoms with Crippen molar-refractivity contribution in [2.45, 2.75) is 26.5 Å². The molecule has 0 fully saturated rings. The zero-order valence-electron chi connectivity index (χ0n) is 11.9. The molecule has 0 spiro atoms. The molecule has 1 aromatic carbocycles. The number of nitrogens with one attached hydrogen (secondary N) is 1. The van der Waals surface area contributed by atoms with E-state index in [0.717, 1.165) is 40.9 Å². The van der Waals surface area contributed by atoms with Gasteiger partial charge in [0.1, 0.15) is 12.4 Å². The van der Waals surface area contributed by atoms with Crippen LogP contribution in [0.25, 0.3) is 0 Å². The maximum absolute atomic E-state index is 5.91. The van der Waals surface area contributed by atoms with E-state index in [4.69, 9.17) is 4.74 Å². The molecule has 2 rings (SSSR count). The number of benzene rings is 1. The number of halogens is 1. The Morgan fingerprint density at radius 1 is 1.40 bits per heavy atom. The second-order valence-electron chi connectivity index (χ2n) is 4.74. The van der Waals surface area contributed by atoms with Gasteiger partial charge in [-0.15, -0.1) is 0 Å². The van der Waals surface area contributed by atoms with E-state index in [9.17, 15) is 0 Å². The van der Waals surface area contributed by atoms with Crippen molar-refractivity contribution in [3.8, 4) is 5.75 Å². The fourth-order valence-corrected chi connectivity index (χ4v) is 2.34. The van der Waals surface area contributed by atoms with Crippen molar-refractivity contribution in [1.82, 2.24) is 15.1 Å². The predicted molar refractivity (Wildman–Crippen MR) is 83.7 cm³/mol. The Kier molecular flexibility index (Phi) is 5.61. The molecule has 1 aromatic heterocycles. The highest BCUT2D eigenvalue weighted by molar-refractivity contribution is 9.10. The average Bonchev–Trinajstić information content (AvgIpc) is 2.84. The van der Waals surface area contributed by atoms with Gasteiger partial charge < -0.3 is 10.1 Å². The van der Waals surface area contributed by atoms with E-state index in [1.54, 1.807) is 4.68 Å². The normalized spacial score (nSPS) is 10.8. The first-order valence-corrected chi connectivity index (χ1v) is 7.58. The van der Waals surface area contributed by atoms with E-state index in [1.807, 2.05) is 31.6 Å². The van der Waals surface area contributed by atoms with Crippen LogP contribution in [-0.2, 0) is 20.2 Å². The van der Waals surface area contributed by atoms with Crippen LogP contribution in [-0.4, -0.2) is 16.3 Å². The summed E-state index contributed by atoms with van der Waals surface area (Å²) in [5.41, 5.74) is 2.24. The molecule has 0 aliphatic heterocycles. The number of hydrogen-bond donors (Lipinski definition) is 1. The van der Waals surface area contributed by atoms with Gasteiger partial charge in [-0.25, -0.2) is 0 Å². The van der Waals surface area contributed by atoms with Gasteiger partial charge in [0.15, 0.2) is 0 Å². The number of nitrogens with zero attached hydrogens (tertiary/aromatic N) is 2. The van der Waals surface area contributed by atoms with E-state index < -0.39 is 0 Å². The van der Waals surface area contributed by atoms with E-state index >= 15 is 0 Å². The van der Waals surface area contributed by atoms with Gasteiger partial charge in [0, 0.05) is 35.4 Å². The maximum atomic E-state index is 5.91. The highest BCUT2D eigenvalue weighted by Crippen LogP contribution is 2.24. The van der Waals surface area contributed by atoms with Gasteiger partial charge in [-0.2, -0.15) is 5.10 Å². The van der Waals surface area contributed by atoms with Gasteiger partial charge in [0.25, 0.3) is 0 Å². The molecule has 4 nitrogen and oxygen atoms in total. The van der Waals surface area contributed by atoms with E-state index in [0.29, 0.717) is 6.61 Å². The monoisotopic (exact) mass is 337 g/mol. The lowest BCUT2D eigenvalue weighted by Gasteiger charge is -2.12. The van der Waals surface area contributed by atoms with Crippen molar-refractivity contribution >= 4 is 15.9 Å². The molecule has 20 heavy (non-hydrogen) atoms. The number of rotatable bonds is 7. The van der Waals surface area contributed by atoms with E-state index in [1.165, 1.54) is 0 Å². The third-order valence-corrected chi connectivity index (χ3v) is 3.41.